The van der Waals surface area contributed by atoms with Gasteiger partial charge in [-0.05, 0) is 72.2 Å². The first kappa shape index (κ1) is 17.7. The first-order valence-electron chi connectivity index (χ1n) is 8.03. The molecular weight excluding hydrogens is 429 g/mol. The van der Waals surface area contributed by atoms with Crippen molar-refractivity contribution in [1.29, 1.82) is 0 Å². The fourth-order valence-electron chi connectivity index (χ4n) is 2.80. The van der Waals surface area contributed by atoms with E-state index in [1.54, 1.807) is 0 Å². The fourth-order valence-corrected chi connectivity index (χ4v) is 3.33. The van der Waals surface area contributed by atoms with Crippen molar-refractivity contribution in [1.82, 2.24) is 0 Å². The van der Waals surface area contributed by atoms with Gasteiger partial charge in [-0.15, -0.1) is 0 Å². The minimum atomic E-state index is -0.363. The molecule has 2 aromatic carbocycles. The second-order valence-electron chi connectivity index (χ2n) is 6.02. The van der Waals surface area contributed by atoms with E-state index in [1.807, 2.05) is 56.3 Å². The van der Waals surface area contributed by atoms with Crippen LogP contribution in [-0.2, 0) is 11.2 Å². The molecule has 1 heterocycles. The number of halogens is 1. The number of carbonyl (C=O) groups excluding carboxylic acids is 1. The van der Waals surface area contributed by atoms with Crippen molar-refractivity contribution in [2.24, 2.45) is 0 Å². The van der Waals surface area contributed by atoms with Crippen molar-refractivity contribution in [3.05, 3.63) is 73.1 Å². The van der Waals surface area contributed by atoms with Crippen molar-refractivity contribution in [2.75, 3.05) is 5.32 Å². The van der Waals surface area contributed by atoms with Gasteiger partial charge < -0.3 is 9.73 Å². The van der Waals surface area contributed by atoms with Gasteiger partial charge >= 0.3 is 5.63 Å². The van der Waals surface area contributed by atoms with Crippen LogP contribution in [-0.4, -0.2) is 5.91 Å². The Hall–Kier alpha value is -2.15. The highest BCUT2D eigenvalue weighted by molar-refractivity contribution is 14.1. The number of aryl methyl sites for hydroxylation is 2. The number of hydrogen-bond acceptors (Lipinski definition) is 3. The highest BCUT2D eigenvalue weighted by Crippen LogP contribution is 2.22. The largest absolute Gasteiger partial charge is 0.423 e. The van der Waals surface area contributed by atoms with Crippen LogP contribution in [0.5, 0.6) is 0 Å². The van der Waals surface area contributed by atoms with Crippen LogP contribution >= 0.6 is 22.6 Å². The smallest absolute Gasteiger partial charge is 0.339 e. The third-order valence-corrected chi connectivity index (χ3v) is 5.13. The van der Waals surface area contributed by atoms with E-state index in [9.17, 15) is 9.59 Å². The van der Waals surface area contributed by atoms with E-state index >= 15 is 0 Å². The maximum absolute atomic E-state index is 12.3. The van der Waals surface area contributed by atoms with E-state index in [1.165, 1.54) is 0 Å². The van der Waals surface area contributed by atoms with Gasteiger partial charge in [-0.25, -0.2) is 4.79 Å². The minimum Gasteiger partial charge on any atom is -0.423 e. The zero-order valence-corrected chi connectivity index (χ0v) is 16.2. The molecule has 0 bridgehead atoms. The molecule has 0 saturated heterocycles. The lowest BCUT2D eigenvalue weighted by Crippen LogP contribution is -2.17. The van der Waals surface area contributed by atoms with Crippen LogP contribution in [0.15, 0.2) is 51.7 Å². The Morgan fingerprint density at radius 1 is 1.16 bits per heavy atom. The zero-order chi connectivity index (χ0) is 18.0. The molecule has 0 unspecified atom stereocenters. The summed E-state index contributed by atoms with van der Waals surface area (Å²) in [5.41, 5.74) is 3.50. The third kappa shape index (κ3) is 3.92. The fraction of sp³-hybridized carbons (Fsp3) is 0.200. The molecule has 25 heavy (non-hydrogen) atoms. The Bertz CT molecular complexity index is 1010. The van der Waals surface area contributed by atoms with E-state index in [0.717, 1.165) is 25.8 Å². The molecule has 1 amide bonds. The maximum Gasteiger partial charge on any atom is 0.339 e. The molecule has 0 atom stereocenters. The van der Waals surface area contributed by atoms with E-state index in [4.69, 9.17) is 4.42 Å². The summed E-state index contributed by atoms with van der Waals surface area (Å²) >= 11 is 2.18. The van der Waals surface area contributed by atoms with Crippen molar-refractivity contribution in [3.63, 3.8) is 0 Å². The normalized spacial score (nSPS) is 10.8. The average molecular weight is 447 g/mol. The molecule has 4 nitrogen and oxygen atoms in total. The second kappa shape index (κ2) is 7.39. The number of hydrogen-bond donors (Lipinski definition) is 1. The molecule has 1 N–H and O–H groups in total. The van der Waals surface area contributed by atoms with Crippen LogP contribution in [0.2, 0.25) is 0 Å². The Kier molecular flexibility index (Phi) is 5.22. The Balaban J connectivity index is 1.79. The SMILES string of the molecule is Cc1ccc2c(C)c(CCC(=O)Nc3ccccc3I)c(=O)oc2c1. The third-order valence-electron chi connectivity index (χ3n) is 4.19. The number of nitrogens with one attached hydrogen (secondary N) is 1. The van der Waals surface area contributed by atoms with Crippen LogP contribution in [0.1, 0.15) is 23.1 Å². The van der Waals surface area contributed by atoms with Gasteiger partial charge in [-0.3, -0.25) is 4.79 Å². The van der Waals surface area contributed by atoms with Crippen LogP contribution < -0.4 is 10.9 Å². The molecule has 0 aliphatic rings. The molecule has 5 heteroatoms. The minimum absolute atomic E-state index is 0.119. The van der Waals surface area contributed by atoms with Gasteiger partial charge in [0, 0.05) is 20.9 Å². The van der Waals surface area contributed by atoms with E-state index in [-0.39, 0.29) is 18.0 Å². The Morgan fingerprint density at radius 3 is 2.68 bits per heavy atom. The first-order chi connectivity index (χ1) is 12.0. The molecule has 3 aromatic rings. The highest BCUT2D eigenvalue weighted by Gasteiger charge is 2.13. The van der Waals surface area contributed by atoms with Gasteiger partial charge in [0.1, 0.15) is 5.58 Å². The number of fused-ring (bicyclic) bond motifs is 1. The lowest BCUT2D eigenvalue weighted by molar-refractivity contribution is -0.116. The average Bonchev–Trinajstić information content (AvgIpc) is 2.56. The monoisotopic (exact) mass is 447 g/mol. The lowest BCUT2D eigenvalue weighted by Gasteiger charge is -2.09. The van der Waals surface area contributed by atoms with E-state index < -0.39 is 0 Å². The van der Waals surface area contributed by atoms with Crippen LogP contribution in [0.25, 0.3) is 11.0 Å². The van der Waals surface area contributed by atoms with Gasteiger partial charge in [-0.1, -0.05) is 24.3 Å². The lowest BCUT2D eigenvalue weighted by atomic mass is 10.0. The molecule has 3 rings (SSSR count). The maximum atomic E-state index is 12.3. The van der Waals surface area contributed by atoms with Gasteiger partial charge in [-0.2, -0.15) is 0 Å². The summed E-state index contributed by atoms with van der Waals surface area (Å²) in [6.07, 6.45) is 0.584. The Morgan fingerprint density at radius 2 is 1.92 bits per heavy atom. The Labute approximate surface area is 159 Å². The van der Waals surface area contributed by atoms with Crippen LogP contribution in [0.4, 0.5) is 5.69 Å². The summed E-state index contributed by atoms with van der Waals surface area (Å²) in [5.74, 6) is -0.119. The predicted molar refractivity (Wildman–Crippen MR) is 108 cm³/mol. The summed E-state index contributed by atoms with van der Waals surface area (Å²) < 4.78 is 6.41. The molecular formula is C20H18INO3. The predicted octanol–water partition coefficient (Wildman–Crippen LogP) is 4.59. The van der Waals surface area contributed by atoms with Gasteiger partial charge in [0.05, 0.1) is 5.69 Å². The quantitative estimate of drug-likeness (QED) is 0.471. The molecule has 0 radical (unpaired) electrons. The van der Waals surface area contributed by atoms with E-state index in [2.05, 4.69) is 27.9 Å². The summed E-state index contributed by atoms with van der Waals surface area (Å²) in [4.78, 5) is 24.5. The highest BCUT2D eigenvalue weighted by atomic mass is 127. The zero-order valence-electron chi connectivity index (χ0n) is 14.1. The van der Waals surface area contributed by atoms with Gasteiger partial charge in [0.2, 0.25) is 5.91 Å². The number of anilines is 1. The van der Waals surface area contributed by atoms with Gasteiger partial charge in [0.15, 0.2) is 0 Å². The van der Waals surface area contributed by atoms with Crippen LogP contribution in [0.3, 0.4) is 0 Å². The molecule has 0 saturated carbocycles. The van der Waals surface area contributed by atoms with Crippen molar-refractivity contribution in [3.8, 4) is 0 Å². The summed E-state index contributed by atoms with van der Waals surface area (Å²) in [6.45, 7) is 3.86. The van der Waals surface area contributed by atoms with Gasteiger partial charge in [0.25, 0.3) is 0 Å². The molecule has 1 aromatic heterocycles. The number of carbonyl (C=O) groups is 1. The summed E-state index contributed by atoms with van der Waals surface area (Å²) in [7, 11) is 0. The topological polar surface area (TPSA) is 59.3 Å². The molecule has 0 aliphatic carbocycles. The number of rotatable bonds is 4. The van der Waals surface area contributed by atoms with E-state index in [0.29, 0.717) is 17.6 Å². The first-order valence-corrected chi connectivity index (χ1v) is 9.11. The molecule has 0 spiro atoms. The van der Waals surface area contributed by atoms with Crippen LogP contribution in [0, 0.1) is 17.4 Å². The molecule has 0 aliphatic heterocycles. The summed E-state index contributed by atoms with van der Waals surface area (Å²) in [5, 5.41) is 3.80. The summed E-state index contributed by atoms with van der Waals surface area (Å²) in [6, 6.07) is 13.4. The molecule has 0 fully saturated rings. The standard InChI is InChI=1S/C20H18INO3/c1-12-7-8-14-13(2)15(20(24)25-18(14)11-12)9-10-19(23)22-17-6-4-3-5-16(17)21/h3-8,11H,9-10H2,1-2H3,(H,22,23). The number of benzene rings is 2. The second-order valence-corrected chi connectivity index (χ2v) is 7.18. The molecule has 128 valence electrons. The van der Waals surface area contributed by atoms with Crippen molar-refractivity contribution >= 4 is 45.2 Å². The van der Waals surface area contributed by atoms with Crippen molar-refractivity contribution < 1.29 is 9.21 Å². The number of amides is 1. The van der Waals surface area contributed by atoms with Crippen molar-refractivity contribution in [2.45, 2.75) is 26.7 Å². The number of para-hydroxylation sites is 1.